The van der Waals surface area contributed by atoms with Gasteiger partial charge in [-0.15, -0.1) is 0 Å². The Morgan fingerprint density at radius 2 is 1.28 bits per heavy atom. The summed E-state index contributed by atoms with van der Waals surface area (Å²) < 4.78 is 0. The van der Waals surface area contributed by atoms with E-state index in [1.165, 1.54) is 51.4 Å². The summed E-state index contributed by atoms with van der Waals surface area (Å²) in [5.41, 5.74) is 0. The number of β-amino-alcohol motifs (C(OH)–C–C–N with tert-alkyl or cyclic N) is 1. The minimum Gasteiger partial charge on any atom is -0.394 e. The van der Waals surface area contributed by atoms with E-state index >= 15 is 0 Å². The lowest BCUT2D eigenvalue weighted by molar-refractivity contribution is -0.133. The van der Waals surface area contributed by atoms with E-state index in [1.807, 2.05) is 0 Å². The Morgan fingerprint density at radius 3 is 1.79 bits per heavy atom. The van der Waals surface area contributed by atoms with Crippen molar-refractivity contribution >= 4 is 11.7 Å². The number of hydrogen-bond donors (Lipinski definition) is 2. The van der Waals surface area contributed by atoms with Crippen molar-refractivity contribution < 1.29 is 19.8 Å². The molecule has 2 N–H and O–H groups in total. The molecule has 0 saturated carbocycles. The highest BCUT2D eigenvalue weighted by molar-refractivity contribution is 5.78. The maximum Gasteiger partial charge on any atom is 0.222 e. The average molecular weight is 412 g/mol. The molecule has 0 unspecified atom stereocenters. The SMILES string of the molecule is CCCCCCCCCCCC(=O)CCCCCCC(=O)N1C[C@H](O)C[C@H]1CO. The lowest BCUT2D eigenvalue weighted by Gasteiger charge is -2.22. The van der Waals surface area contributed by atoms with E-state index in [0.717, 1.165) is 38.5 Å². The zero-order valence-electron chi connectivity index (χ0n) is 18.7. The molecule has 0 bridgehead atoms. The molecule has 0 aromatic heterocycles. The smallest absolute Gasteiger partial charge is 0.222 e. The number of unbranched alkanes of at least 4 members (excludes halogenated alkanes) is 11. The molecule has 1 rings (SSSR count). The monoisotopic (exact) mass is 411 g/mol. The summed E-state index contributed by atoms with van der Waals surface area (Å²) in [6.07, 6.45) is 17.1. The third kappa shape index (κ3) is 12.4. The predicted octanol–water partition coefficient (Wildman–Crippen LogP) is 4.77. The second-order valence-electron chi connectivity index (χ2n) is 8.80. The second kappa shape index (κ2) is 16.8. The van der Waals surface area contributed by atoms with Crippen LogP contribution >= 0.6 is 0 Å². The van der Waals surface area contributed by atoms with E-state index in [-0.39, 0.29) is 18.6 Å². The second-order valence-corrected chi connectivity index (χ2v) is 8.80. The number of hydrogen-bond acceptors (Lipinski definition) is 4. The van der Waals surface area contributed by atoms with Crippen LogP contribution in [0.15, 0.2) is 0 Å². The molecule has 29 heavy (non-hydrogen) atoms. The highest BCUT2D eigenvalue weighted by Gasteiger charge is 2.33. The van der Waals surface area contributed by atoms with Gasteiger partial charge in [0.05, 0.1) is 18.8 Å². The molecular formula is C24H45NO4. The number of nitrogens with zero attached hydrogens (tertiary/aromatic N) is 1. The van der Waals surface area contributed by atoms with Crippen LogP contribution in [-0.4, -0.2) is 52.1 Å². The first-order valence-electron chi connectivity index (χ1n) is 12.2. The molecule has 1 fully saturated rings. The van der Waals surface area contributed by atoms with Gasteiger partial charge in [-0.1, -0.05) is 71.1 Å². The van der Waals surface area contributed by atoms with Crippen molar-refractivity contribution in [1.82, 2.24) is 4.90 Å². The van der Waals surface area contributed by atoms with Crippen LogP contribution in [0.4, 0.5) is 0 Å². The van der Waals surface area contributed by atoms with Gasteiger partial charge in [-0.25, -0.2) is 0 Å². The van der Waals surface area contributed by atoms with Gasteiger partial charge < -0.3 is 15.1 Å². The third-order valence-corrected chi connectivity index (χ3v) is 6.08. The van der Waals surface area contributed by atoms with Crippen molar-refractivity contribution in [3.8, 4) is 0 Å². The summed E-state index contributed by atoms with van der Waals surface area (Å²) >= 11 is 0. The fourth-order valence-electron chi connectivity index (χ4n) is 4.22. The number of rotatable bonds is 18. The Morgan fingerprint density at radius 1 is 0.793 bits per heavy atom. The number of aliphatic hydroxyl groups excluding tert-OH is 2. The summed E-state index contributed by atoms with van der Waals surface area (Å²) in [4.78, 5) is 25.8. The summed E-state index contributed by atoms with van der Waals surface area (Å²) in [7, 11) is 0. The fourth-order valence-corrected chi connectivity index (χ4v) is 4.22. The van der Waals surface area contributed by atoms with Crippen molar-refractivity contribution in [2.45, 2.75) is 128 Å². The van der Waals surface area contributed by atoms with Crippen LogP contribution in [0.2, 0.25) is 0 Å². The molecule has 5 heteroatoms. The molecule has 1 aliphatic rings. The lowest BCUT2D eigenvalue weighted by atomic mass is 10.0. The van der Waals surface area contributed by atoms with Crippen molar-refractivity contribution in [1.29, 1.82) is 0 Å². The molecule has 5 nitrogen and oxygen atoms in total. The molecule has 0 aromatic carbocycles. The average Bonchev–Trinajstić information content (AvgIpc) is 3.10. The molecule has 1 aliphatic heterocycles. The zero-order valence-corrected chi connectivity index (χ0v) is 18.7. The van der Waals surface area contributed by atoms with Crippen LogP contribution in [0.25, 0.3) is 0 Å². The van der Waals surface area contributed by atoms with Gasteiger partial charge in [0.2, 0.25) is 5.91 Å². The van der Waals surface area contributed by atoms with Gasteiger partial charge in [0.1, 0.15) is 5.78 Å². The van der Waals surface area contributed by atoms with Crippen LogP contribution in [-0.2, 0) is 9.59 Å². The molecule has 1 saturated heterocycles. The van der Waals surface area contributed by atoms with Crippen molar-refractivity contribution in [2.75, 3.05) is 13.2 Å². The lowest BCUT2D eigenvalue weighted by Crippen LogP contribution is -2.37. The summed E-state index contributed by atoms with van der Waals surface area (Å²) in [5.74, 6) is 0.419. The normalized spacial score (nSPS) is 19.1. The van der Waals surface area contributed by atoms with E-state index in [9.17, 15) is 19.8 Å². The van der Waals surface area contributed by atoms with E-state index < -0.39 is 6.10 Å². The molecule has 2 atom stereocenters. The van der Waals surface area contributed by atoms with Gasteiger partial charge in [-0.3, -0.25) is 9.59 Å². The van der Waals surface area contributed by atoms with E-state index in [4.69, 9.17) is 0 Å². The molecule has 1 heterocycles. The maximum absolute atomic E-state index is 12.2. The first kappa shape index (κ1) is 26.1. The van der Waals surface area contributed by atoms with E-state index in [2.05, 4.69) is 6.92 Å². The number of aliphatic hydroxyl groups is 2. The molecule has 0 aliphatic carbocycles. The third-order valence-electron chi connectivity index (χ3n) is 6.08. The number of carbonyl (C=O) groups is 2. The Balaban J connectivity index is 1.90. The van der Waals surface area contributed by atoms with Gasteiger partial charge in [-0.2, -0.15) is 0 Å². The minimum absolute atomic E-state index is 0.0297. The van der Waals surface area contributed by atoms with Gasteiger partial charge in [0.25, 0.3) is 0 Å². The van der Waals surface area contributed by atoms with Crippen LogP contribution in [0.1, 0.15) is 116 Å². The first-order chi connectivity index (χ1) is 14.1. The molecular weight excluding hydrogens is 366 g/mol. The number of carbonyl (C=O) groups excluding carboxylic acids is 2. The number of Topliss-reactive ketones (excluding diaryl/α,β-unsaturated/α-hetero) is 1. The highest BCUT2D eigenvalue weighted by Crippen LogP contribution is 2.19. The van der Waals surface area contributed by atoms with Crippen molar-refractivity contribution in [2.24, 2.45) is 0 Å². The topological polar surface area (TPSA) is 77.8 Å². The fraction of sp³-hybridized carbons (Fsp3) is 0.917. The Labute approximate surface area is 178 Å². The number of likely N-dealkylation sites (tertiary alicyclic amines) is 1. The summed E-state index contributed by atoms with van der Waals surface area (Å²) in [6.45, 7) is 2.51. The van der Waals surface area contributed by atoms with Crippen LogP contribution < -0.4 is 0 Å². The molecule has 0 aromatic rings. The molecule has 0 spiro atoms. The van der Waals surface area contributed by atoms with Crippen molar-refractivity contribution in [3.05, 3.63) is 0 Å². The number of ketones is 1. The minimum atomic E-state index is -0.507. The van der Waals surface area contributed by atoms with E-state index in [0.29, 0.717) is 31.6 Å². The first-order valence-corrected chi connectivity index (χ1v) is 12.2. The van der Waals surface area contributed by atoms with Gasteiger partial charge in [0, 0.05) is 25.8 Å². The standard InChI is InChI=1S/C24H45NO4/c1-2-3-4-5-6-7-8-9-12-15-22(27)16-13-10-11-14-17-24(29)25-19-23(28)18-21(25)20-26/h21,23,26,28H,2-20H2,1H3/t21-,23+/m0/s1. The zero-order chi connectivity index (χ0) is 21.3. The van der Waals surface area contributed by atoms with Crippen LogP contribution in [0, 0.1) is 0 Å². The summed E-state index contributed by atoms with van der Waals surface area (Å²) in [6, 6.07) is -0.226. The Hall–Kier alpha value is -0.940. The van der Waals surface area contributed by atoms with Crippen LogP contribution in [0.5, 0.6) is 0 Å². The van der Waals surface area contributed by atoms with Crippen LogP contribution in [0.3, 0.4) is 0 Å². The predicted molar refractivity (Wildman–Crippen MR) is 118 cm³/mol. The Kier molecular flexibility index (Phi) is 15.1. The van der Waals surface area contributed by atoms with Gasteiger partial charge in [-0.05, 0) is 25.7 Å². The summed E-state index contributed by atoms with van der Waals surface area (Å²) in [5, 5.41) is 19.0. The van der Waals surface area contributed by atoms with Crippen molar-refractivity contribution in [3.63, 3.8) is 0 Å². The quantitative estimate of drug-likeness (QED) is 0.318. The molecule has 1 amide bonds. The maximum atomic E-state index is 12.2. The Bertz CT molecular complexity index is 441. The molecule has 170 valence electrons. The van der Waals surface area contributed by atoms with Gasteiger partial charge >= 0.3 is 0 Å². The highest BCUT2D eigenvalue weighted by atomic mass is 16.3. The van der Waals surface area contributed by atoms with Gasteiger partial charge in [0.15, 0.2) is 0 Å². The largest absolute Gasteiger partial charge is 0.394 e. The molecule has 0 radical (unpaired) electrons. The number of amides is 1. The van der Waals surface area contributed by atoms with E-state index in [1.54, 1.807) is 4.90 Å².